The number of allylic oxidation sites excluding steroid dienone is 2. The van der Waals surface area contributed by atoms with Gasteiger partial charge in [-0.2, -0.15) is 0 Å². The maximum atomic E-state index is 3.52. The van der Waals surface area contributed by atoms with Crippen LogP contribution in [0, 0.1) is 12.2 Å². The summed E-state index contributed by atoms with van der Waals surface area (Å²) in [6.45, 7) is 4.50. The maximum Gasteiger partial charge on any atom is 4.00 e. The average molecular weight is 660 g/mol. The van der Waals surface area contributed by atoms with Crippen molar-refractivity contribution in [3.8, 4) is 0 Å². The van der Waals surface area contributed by atoms with Gasteiger partial charge in [-0.1, -0.05) is 97.8 Å². The normalized spacial score (nSPS) is 16.5. The fourth-order valence-corrected chi connectivity index (χ4v) is 4.67. The predicted octanol–water partition coefficient (Wildman–Crippen LogP) is 2.08. The van der Waals surface area contributed by atoms with Crippen molar-refractivity contribution in [3.63, 3.8) is 0 Å². The second-order valence-electron chi connectivity index (χ2n) is 8.43. The molecule has 0 bridgehead atoms. The molecule has 0 fully saturated rings. The summed E-state index contributed by atoms with van der Waals surface area (Å²) in [6.07, 6.45) is 7.03. The summed E-state index contributed by atoms with van der Waals surface area (Å²) < 4.78 is 0. The van der Waals surface area contributed by atoms with E-state index in [1.165, 1.54) is 44.5 Å². The van der Waals surface area contributed by atoms with E-state index in [-0.39, 0.29) is 50.7 Å². The van der Waals surface area contributed by atoms with Crippen LogP contribution >= 0.6 is 0 Å². The second kappa shape index (κ2) is 13.2. The zero-order chi connectivity index (χ0) is 21.9. The second-order valence-corrected chi connectivity index (χ2v) is 8.43. The summed E-state index contributed by atoms with van der Waals surface area (Å²) in [7, 11) is 0. The molecule has 0 nitrogen and oxygen atoms in total. The molecule has 0 aliphatic heterocycles. The van der Waals surface area contributed by atoms with Crippen LogP contribution in [0.2, 0.25) is 0 Å². The molecule has 4 aromatic carbocycles. The van der Waals surface area contributed by atoms with Crippen molar-refractivity contribution in [3.05, 3.63) is 155 Å². The van der Waals surface area contributed by atoms with Gasteiger partial charge in [0.2, 0.25) is 0 Å². The number of fused-ring (bicyclic) bond motifs is 2. The predicted molar refractivity (Wildman–Crippen MR) is 134 cm³/mol. The van der Waals surface area contributed by atoms with Crippen LogP contribution in [0.4, 0.5) is 0 Å². The van der Waals surface area contributed by atoms with Gasteiger partial charge in [0.15, 0.2) is 0 Å². The van der Waals surface area contributed by atoms with E-state index in [2.05, 4.69) is 135 Å². The van der Waals surface area contributed by atoms with Gasteiger partial charge < -0.3 is 24.8 Å². The summed E-state index contributed by atoms with van der Waals surface area (Å²) in [6, 6.07) is 38.1. The first-order valence-electron chi connectivity index (χ1n) is 11.3. The first-order chi connectivity index (χ1) is 15.7. The van der Waals surface area contributed by atoms with Crippen molar-refractivity contribution in [2.75, 3.05) is 0 Å². The minimum Gasteiger partial charge on any atom is -1.00 e. The van der Waals surface area contributed by atoms with Crippen LogP contribution in [0.1, 0.15) is 59.1 Å². The topological polar surface area (TPSA) is 0 Å². The van der Waals surface area contributed by atoms with Crippen molar-refractivity contribution in [1.29, 1.82) is 0 Å². The first kappa shape index (κ1) is 29.0. The summed E-state index contributed by atoms with van der Waals surface area (Å²) in [4.78, 5) is 0. The summed E-state index contributed by atoms with van der Waals surface area (Å²) in [5.74, 6) is 0.914. The molecule has 2 atom stereocenters. The molecular weight excluding hydrogens is 634 g/mol. The number of hydrogen-bond acceptors (Lipinski definition) is 0. The molecule has 0 aromatic heterocycles. The molecule has 0 radical (unpaired) electrons. The smallest absolute Gasteiger partial charge is 1.00 e. The summed E-state index contributed by atoms with van der Waals surface area (Å²) >= 11 is 0. The van der Waals surface area contributed by atoms with Gasteiger partial charge in [0.25, 0.3) is 0 Å². The third-order valence-corrected chi connectivity index (χ3v) is 6.43. The SMILES string of the molecule is CC1C(c2ccccc2)=[C-]c2ccccc21.CC1C(c2ccccc2)=[C-]c2ccccc21.[Cl-].[Cl-].[Hf+4]. The van der Waals surface area contributed by atoms with E-state index in [9.17, 15) is 0 Å². The molecule has 0 saturated heterocycles. The molecule has 0 spiro atoms. The molecule has 172 valence electrons. The van der Waals surface area contributed by atoms with Gasteiger partial charge in [0.1, 0.15) is 0 Å². The molecule has 3 heteroatoms. The Kier molecular flexibility index (Phi) is 11.0. The van der Waals surface area contributed by atoms with E-state index in [0.29, 0.717) is 11.8 Å². The molecule has 35 heavy (non-hydrogen) atoms. The van der Waals surface area contributed by atoms with Gasteiger partial charge in [0, 0.05) is 0 Å². The van der Waals surface area contributed by atoms with Gasteiger partial charge in [0.05, 0.1) is 0 Å². The molecule has 6 rings (SSSR count). The molecule has 0 heterocycles. The number of benzene rings is 4. The maximum absolute atomic E-state index is 3.52. The van der Waals surface area contributed by atoms with E-state index in [1.807, 2.05) is 0 Å². The number of hydrogen-bond donors (Lipinski definition) is 0. The van der Waals surface area contributed by atoms with E-state index in [0.717, 1.165) is 0 Å². The average Bonchev–Trinajstić information content (AvgIpc) is 3.38. The van der Waals surface area contributed by atoms with Crippen LogP contribution in [0.3, 0.4) is 0 Å². The molecule has 2 unspecified atom stereocenters. The molecule has 0 saturated carbocycles. The third kappa shape index (κ3) is 6.15. The number of rotatable bonds is 2. The minimum absolute atomic E-state index is 0. The van der Waals surface area contributed by atoms with Gasteiger partial charge in [-0.25, -0.2) is 0 Å². The molecule has 0 amide bonds. The van der Waals surface area contributed by atoms with E-state index in [1.54, 1.807) is 0 Å². The quantitative estimate of drug-likeness (QED) is 0.229. The Bertz CT molecular complexity index is 1190. The number of halogens is 2. The Morgan fingerprint density at radius 3 is 1.11 bits per heavy atom. The first-order valence-corrected chi connectivity index (χ1v) is 11.3. The van der Waals surface area contributed by atoms with Crippen LogP contribution in [-0.2, 0) is 25.8 Å². The van der Waals surface area contributed by atoms with Crippen LogP contribution in [0.15, 0.2) is 109 Å². The van der Waals surface area contributed by atoms with Crippen LogP contribution in [0.25, 0.3) is 11.1 Å². The van der Waals surface area contributed by atoms with Crippen molar-refractivity contribution in [1.82, 2.24) is 0 Å². The van der Waals surface area contributed by atoms with Gasteiger partial charge >= 0.3 is 25.8 Å². The van der Waals surface area contributed by atoms with Crippen molar-refractivity contribution in [2.45, 2.75) is 25.7 Å². The van der Waals surface area contributed by atoms with Crippen molar-refractivity contribution >= 4 is 11.1 Å². The van der Waals surface area contributed by atoms with E-state index >= 15 is 0 Å². The largest absolute Gasteiger partial charge is 4.00 e. The van der Waals surface area contributed by atoms with E-state index in [4.69, 9.17) is 0 Å². The monoisotopic (exact) mass is 660 g/mol. The molecule has 0 N–H and O–H groups in total. The Morgan fingerprint density at radius 1 is 0.457 bits per heavy atom. The standard InChI is InChI=1S/2C16H13.2ClH.Hf/c2*1-12-15-10-6-5-9-14(15)11-16(12)13-7-3-2-4-8-13;;;/h2*2-10,12H,1H3;2*1H;/q2*-1;;;+4/p-2. The fraction of sp³-hybridized carbons (Fsp3) is 0.125. The van der Waals surface area contributed by atoms with Crippen LogP contribution < -0.4 is 24.8 Å². The fourth-order valence-electron chi connectivity index (χ4n) is 4.67. The van der Waals surface area contributed by atoms with Gasteiger partial charge in [-0.05, 0) is 11.8 Å². The molecular formula is C32H26Cl2Hf. The zero-order valence-electron chi connectivity index (χ0n) is 19.8. The van der Waals surface area contributed by atoms with Crippen LogP contribution in [0.5, 0.6) is 0 Å². The molecule has 4 aromatic rings. The zero-order valence-corrected chi connectivity index (χ0v) is 24.9. The van der Waals surface area contributed by atoms with Gasteiger partial charge in [-0.15, -0.1) is 82.0 Å². The minimum atomic E-state index is 0. The molecule has 2 aliphatic carbocycles. The Balaban J connectivity index is 0.000000227. The summed E-state index contributed by atoms with van der Waals surface area (Å²) in [5.41, 5.74) is 10.5. The summed E-state index contributed by atoms with van der Waals surface area (Å²) in [5, 5.41) is 0. The van der Waals surface area contributed by atoms with Crippen molar-refractivity contribution in [2.24, 2.45) is 0 Å². The Labute approximate surface area is 240 Å². The van der Waals surface area contributed by atoms with Gasteiger partial charge in [-0.3, -0.25) is 0 Å². The van der Waals surface area contributed by atoms with Crippen LogP contribution in [-0.4, -0.2) is 0 Å². The Hall–Kier alpha value is -2.19. The Morgan fingerprint density at radius 2 is 0.771 bits per heavy atom. The third-order valence-electron chi connectivity index (χ3n) is 6.43. The van der Waals surface area contributed by atoms with Crippen molar-refractivity contribution < 1.29 is 50.7 Å². The van der Waals surface area contributed by atoms with E-state index < -0.39 is 0 Å². The molecule has 2 aliphatic rings.